The lowest BCUT2D eigenvalue weighted by molar-refractivity contribution is -0.122. The van der Waals surface area contributed by atoms with Crippen LogP contribution in [-0.2, 0) is 4.79 Å². The molecule has 2 N–H and O–H groups in total. The zero-order valence-corrected chi connectivity index (χ0v) is 12.0. The maximum absolute atomic E-state index is 12.9. The van der Waals surface area contributed by atoms with E-state index in [2.05, 4.69) is 10.6 Å². The van der Waals surface area contributed by atoms with Crippen molar-refractivity contribution in [2.45, 2.75) is 26.3 Å². The highest BCUT2D eigenvalue weighted by Gasteiger charge is 2.10. The highest BCUT2D eigenvalue weighted by molar-refractivity contribution is 6.30. The molecule has 1 rings (SSSR count). The summed E-state index contributed by atoms with van der Waals surface area (Å²) in [5.74, 6) is -0.934. The van der Waals surface area contributed by atoms with Gasteiger partial charge in [0.2, 0.25) is 0 Å². The van der Waals surface area contributed by atoms with Crippen LogP contribution in [0.4, 0.5) is 9.18 Å². The smallest absolute Gasteiger partial charge is 0.321 e. The third kappa shape index (κ3) is 5.44. The van der Waals surface area contributed by atoms with Crippen LogP contribution in [0.15, 0.2) is 18.2 Å². The lowest BCUT2D eigenvalue weighted by Crippen LogP contribution is -2.44. The summed E-state index contributed by atoms with van der Waals surface area (Å²) in [7, 11) is 0. The highest BCUT2D eigenvalue weighted by Crippen LogP contribution is 2.20. The average Bonchev–Trinajstić information content (AvgIpc) is 2.39. The summed E-state index contributed by atoms with van der Waals surface area (Å²) in [6.45, 7) is 3.37. The molecule has 0 aromatic heterocycles. The lowest BCUT2D eigenvalue weighted by atomic mass is 10.3. The Hall–Kier alpha value is -1.82. The van der Waals surface area contributed by atoms with Crippen molar-refractivity contribution in [3.05, 3.63) is 29.0 Å². The van der Waals surface area contributed by atoms with E-state index in [0.717, 1.165) is 12.5 Å². The van der Waals surface area contributed by atoms with E-state index in [1.54, 1.807) is 0 Å². The average molecular weight is 303 g/mol. The third-order valence-corrected chi connectivity index (χ3v) is 2.79. The molecule has 0 heterocycles. The molecule has 0 aliphatic rings. The molecule has 0 spiro atoms. The SMILES string of the molecule is CC[C@H](C)NC(=O)NC(=O)COc1ccc(F)c(Cl)c1. The van der Waals surface area contributed by atoms with Gasteiger partial charge in [-0.3, -0.25) is 10.1 Å². The molecule has 1 atom stereocenters. The number of urea groups is 1. The van der Waals surface area contributed by atoms with E-state index in [4.69, 9.17) is 16.3 Å². The maximum Gasteiger partial charge on any atom is 0.321 e. The third-order valence-electron chi connectivity index (χ3n) is 2.50. The number of ether oxygens (including phenoxy) is 1. The number of carbonyl (C=O) groups excluding carboxylic acids is 2. The van der Waals surface area contributed by atoms with Crippen LogP contribution in [0, 0.1) is 5.82 Å². The summed E-state index contributed by atoms with van der Waals surface area (Å²) in [5, 5.41) is 4.60. The van der Waals surface area contributed by atoms with Gasteiger partial charge >= 0.3 is 6.03 Å². The Morgan fingerprint density at radius 3 is 2.75 bits per heavy atom. The molecule has 20 heavy (non-hydrogen) atoms. The molecular weight excluding hydrogens is 287 g/mol. The topological polar surface area (TPSA) is 67.4 Å². The van der Waals surface area contributed by atoms with Crippen LogP contribution < -0.4 is 15.4 Å². The second kappa shape index (κ2) is 7.69. The van der Waals surface area contributed by atoms with E-state index in [1.165, 1.54) is 12.1 Å². The van der Waals surface area contributed by atoms with Crippen LogP contribution in [-0.4, -0.2) is 24.6 Å². The number of amides is 3. The summed E-state index contributed by atoms with van der Waals surface area (Å²) in [6, 6.07) is 3.12. The monoisotopic (exact) mass is 302 g/mol. The van der Waals surface area contributed by atoms with Gasteiger partial charge in [-0.05, 0) is 25.5 Å². The Bertz CT molecular complexity index is 497. The quantitative estimate of drug-likeness (QED) is 0.878. The minimum atomic E-state index is -0.605. The molecule has 0 aliphatic heterocycles. The van der Waals surface area contributed by atoms with Crippen molar-refractivity contribution in [1.29, 1.82) is 0 Å². The molecule has 5 nitrogen and oxygen atoms in total. The van der Waals surface area contributed by atoms with Crippen molar-refractivity contribution in [2.75, 3.05) is 6.61 Å². The second-order valence-electron chi connectivity index (χ2n) is 4.20. The largest absolute Gasteiger partial charge is 0.484 e. The lowest BCUT2D eigenvalue weighted by Gasteiger charge is -2.12. The predicted molar refractivity (Wildman–Crippen MR) is 73.3 cm³/mol. The van der Waals surface area contributed by atoms with Crippen molar-refractivity contribution >= 4 is 23.5 Å². The summed E-state index contributed by atoms with van der Waals surface area (Å²) in [6.07, 6.45) is 0.756. The molecule has 110 valence electrons. The number of carbonyl (C=O) groups is 2. The number of nitrogens with one attached hydrogen (secondary N) is 2. The van der Waals surface area contributed by atoms with Crippen molar-refractivity contribution in [1.82, 2.24) is 10.6 Å². The van der Waals surface area contributed by atoms with E-state index in [9.17, 15) is 14.0 Å². The Morgan fingerprint density at radius 1 is 1.45 bits per heavy atom. The standard InChI is InChI=1S/C13H16ClFN2O3/c1-3-8(2)16-13(19)17-12(18)7-20-9-4-5-11(15)10(14)6-9/h4-6,8H,3,7H2,1-2H3,(H2,16,17,18,19)/t8-/m0/s1. The minimum Gasteiger partial charge on any atom is -0.484 e. The molecule has 7 heteroatoms. The van der Waals surface area contributed by atoms with Gasteiger partial charge in [0.15, 0.2) is 6.61 Å². The van der Waals surface area contributed by atoms with E-state index in [0.29, 0.717) is 0 Å². The number of hydrogen-bond acceptors (Lipinski definition) is 3. The van der Waals surface area contributed by atoms with Crippen LogP contribution in [0.2, 0.25) is 5.02 Å². The predicted octanol–water partition coefficient (Wildman–Crippen LogP) is 2.48. The van der Waals surface area contributed by atoms with Crippen LogP contribution in [0.25, 0.3) is 0 Å². The first-order valence-corrected chi connectivity index (χ1v) is 6.48. The van der Waals surface area contributed by atoms with Gasteiger partial charge in [-0.25, -0.2) is 9.18 Å². The van der Waals surface area contributed by atoms with Crippen molar-refractivity contribution in [2.24, 2.45) is 0 Å². The van der Waals surface area contributed by atoms with Gasteiger partial charge in [0.05, 0.1) is 5.02 Å². The first-order valence-electron chi connectivity index (χ1n) is 6.10. The van der Waals surface area contributed by atoms with E-state index < -0.39 is 17.8 Å². The van der Waals surface area contributed by atoms with E-state index in [1.807, 2.05) is 13.8 Å². The molecule has 0 radical (unpaired) electrons. The molecule has 0 unspecified atom stereocenters. The van der Waals surface area contributed by atoms with Crippen LogP contribution in [0.5, 0.6) is 5.75 Å². The number of imide groups is 1. The Balaban J connectivity index is 2.39. The molecule has 1 aromatic rings. The van der Waals surface area contributed by atoms with Gasteiger partial charge in [0, 0.05) is 12.1 Å². The molecule has 3 amide bonds. The van der Waals surface area contributed by atoms with E-state index in [-0.39, 0.29) is 23.4 Å². The van der Waals surface area contributed by atoms with Gasteiger partial charge in [-0.2, -0.15) is 0 Å². The maximum atomic E-state index is 12.9. The van der Waals surface area contributed by atoms with Gasteiger partial charge in [-0.1, -0.05) is 18.5 Å². The Labute approximate surface area is 121 Å². The molecule has 0 fully saturated rings. The molecular formula is C13H16ClFN2O3. The zero-order chi connectivity index (χ0) is 15.1. The minimum absolute atomic E-state index is 0.0281. The van der Waals surface area contributed by atoms with Gasteiger partial charge in [0.1, 0.15) is 11.6 Å². The molecule has 0 saturated heterocycles. The Morgan fingerprint density at radius 2 is 2.15 bits per heavy atom. The summed E-state index contributed by atoms with van der Waals surface area (Å²) >= 11 is 5.57. The first kappa shape index (κ1) is 16.2. The zero-order valence-electron chi connectivity index (χ0n) is 11.2. The van der Waals surface area contributed by atoms with Crippen molar-refractivity contribution in [3.63, 3.8) is 0 Å². The van der Waals surface area contributed by atoms with Crippen LogP contribution >= 0.6 is 11.6 Å². The Kier molecular flexibility index (Phi) is 6.24. The second-order valence-corrected chi connectivity index (χ2v) is 4.60. The fourth-order valence-corrected chi connectivity index (χ4v) is 1.41. The van der Waals surface area contributed by atoms with Crippen molar-refractivity contribution < 1.29 is 18.7 Å². The fourth-order valence-electron chi connectivity index (χ4n) is 1.24. The molecule has 1 aromatic carbocycles. The van der Waals surface area contributed by atoms with Crippen molar-refractivity contribution in [3.8, 4) is 5.75 Å². The van der Waals surface area contributed by atoms with Gasteiger partial charge in [0.25, 0.3) is 5.91 Å². The van der Waals surface area contributed by atoms with E-state index >= 15 is 0 Å². The normalized spacial score (nSPS) is 11.6. The molecule has 0 aliphatic carbocycles. The van der Waals surface area contributed by atoms with Gasteiger partial charge in [-0.15, -0.1) is 0 Å². The number of hydrogen-bond donors (Lipinski definition) is 2. The summed E-state index contributed by atoms with van der Waals surface area (Å²) in [4.78, 5) is 22.8. The number of rotatable bonds is 5. The molecule has 0 bridgehead atoms. The van der Waals surface area contributed by atoms with Crippen LogP contribution in [0.1, 0.15) is 20.3 Å². The van der Waals surface area contributed by atoms with Gasteiger partial charge < -0.3 is 10.1 Å². The summed E-state index contributed by atoms with van der Waals surface area (Å²) in [5.41, 5.74) is 0. The fraction of sp³-hybridized carbons (Fsp3) is 0.385. The number of halogens is 2. The number of benzene rings is 1. The summed E-state index contributed by atoms with van der Waals surface area (Å²) < 4.78 is 18.0. The first-order chi connectivity index (χ1) is 9.42. The highest BCUT2D eigenvalue weighted by atomic mass is 35.5. The molecule has 0 saturated carbocycles. The van der Waals surface area contributed by atoms with Crippen LogP contribution in [0.3, 0.4) is 0 Å².